The molecule has 6 aliphatic carbocycles. The molecule has 73 heavy (non-hydrogen) atoms. The Morgan fingerprint density at radius 1 is 0.397 bits per heavy atom. The van der Waals surface area contributed by atoms with E-state index < -0.39 is 0 Å². The van der Waals surface area contributed by atoms with Gasteiger partial charge in [-0.1, -0.05) is 178 Å². The molecule has 0 amide bonds. The lowest BCUT2D eigenvalue weighted by Crippen LogP contribution is -2.55. The zero-order valence-corrected chi connectivity index (χ0v) is 41.4. The number of hydrogen-bond acceptors (Lipinski definition) is 2. The van der Waals surface area contributed by atoms with Crippen LogP contribution in [0.15, 0.2) is 217 Å². The molecule has 0 N–H and O–H groups in total. The van der Waals surface area contributed by atoms with Crippen LogP contribution >= 0.6 is 0 Å². The van der Waals surface area contributed by atoms with Crippen molar-refractivity contribution in [1.29, 1.82) is 0 Å². The normalized spacial score (nSPS) is 21.5. The number of fused-ring (bicyclic) bond motifs is 11. The minimum absolute atomic E-state index is 0.0617. The third kappa shape index (κ3) is 5.81. The molecule has 2 heteroatoms. The predicted molar refractivity (Wildman–Crippen MR) is 303 cm³/mol. The van der Waals surface area contributed by atoms with Crippen LogP contribution < -0.4 is 4.90 Å². The Balaban J connectivity index is 0.863. The van der Waals surface area contributed by atoms with Crippen molar-refractivity contribution in [3.63, 3.8) is 0 Å². The van der Waals surface area contributed by atoms with E-state index in [4.69, 9.17) is 4.42 Å². The monoisotopic (exact) mass is 937 g/mol. The van der Waals surface area contributed by atoms with Crippen molar-refractivity contribution in [3.8, 4) is 55.6 Å². The van der Waals surface area contributed by atoms with Crippen LogP contribution in [0.2, 0.25) is 0 Å². The summed E-state index contributed by atoms with van der Waals surface area (Å²) in [5, 5.41) is 4.64. The lowest BCUT2D eigenvalue weighted by Gasteiger charge is -2.61. The van der Waals surface area contributed by atoms with Gasteiger partial charge in [-0.2, -0.15) is 0 Å². The second-order valence-corrected chi connectivity index (χ2v) is 22.8. The van der Waals surface area contributed by atoms with Crippen LogP contribution in [0.3, 0.4) is 0 Å². The van der Waals surface area contributed by atoms with E-state index in [1.165, 1.54) is 110 Å². The molecule has 4 bridgehead atoms. The molecule has 0 saturated heterocycles. The van der Waals surface area contributed by atoms with Gasteiger partial charge in [-0.05, 0) is 188 Å². The van der Waals surface area contributed by atoms with Crippen molar-refractivity contribution in [2.45, 2.75) is 56.8 Å². The van der Waals surface area contributed by atoms with E-state index in [-0.39, 0.29) is 10.8 Å². The lowest BCUT2D eigenvalue weighted by atomic mass is 9.43. The third-order valence-electron chi connectivity index (χ3n) is 18.8. The first kappa shape index (κ1) is 41.7. The number of anilines is 3. The quantitative estimate of drug-likeness (QED) is 0.165. The highest BCUT2D eigenvalue weighted by atomic mass is 16.3. The molecule has 2 nitrogen and oxygen atoms in total. The first-order chi connectivity index (χ1) is 35.9. The summed E-state index contributed by atoms with van der Waals surface area (Å²) >= 11 is 0. The zero-order valence-electron chi connectivity index (χ0n) is 41.4. The minimum atomic E-state index is -0.119. The fraction of sp³-hybridized carbons (Fsp3) is 0.183. The molecule has 0 unspecified atom stereocenters. The topological polar surface area (TPSA) is 16.4 Å². The summed E-state index contributed by atoms with van der Waals surface area (Å²) in [6.45, 7) is 4.79. The fourth-order valence-corrected chi connectivity index (χ4v) is 16.2. The summed E-state index contributed by atoms with van der Waals surface area (Å²) < 4.78 is 6.73. The maximum Gasteiger partial charge on any atom is 0.143 e. The summed E-state index contributed by atoms with van der Waals surface area (Å²) in [4.78, 5) is 2.54. The van der Waals surface area contributed by atoms with Crippen LogP contribution in [-0.2, 0) is 10.8 Å². The molecule has 11 aromatic rings. The van der Waals surface area contributed by atoms with E-state index in [1.807, 2.05) is 0 Å². The molecule has 0 radical (unpaired) electrons. The van der Waals surface area contributed by atoms with Crippen molar-refractivity contribution >= 4 is 49.8 Å². The van der Waals surface area contributed by atoms with E-state index >= 15 is 0 Å². The Bertz CT molecular complexity index is 4060. The molecule has 17 rings (SSSR count). The summed E-state index contributed by atoms with van der Waals surface area (Å²) in [7, 11) is 0. The van der Waals surface area contributed by atoms with Gasteiger partial charge < -0.3 is 9.32 Å². The van der Waals surface area contributed by atoms with E-state index in [0.29, 0.717) is 11.8 Å². The minimum Gasteiger partial charge on any atom is -0.455 e. The maximum absolute atomic E-state index is 6.73. The molecule has 6 aliphatic rings. The van der Waals surface area contributed by atoms with Gasteiger partial charge in [-0.15, -0.1) is 0 Å². The highest BCUT2D eigenvalue weighted by Crippen LogP contribution is 2.70. The standard InChI is InChI=1S/C71H55NO/c1-70(2)63-25-9-7-21-58(63)61-24-12-23-60(68(61)70)56-19-6-5-17-53(56)46-28-31-50(32-29-46)72(51-16-11-15-47(41-51)54-22-13-27-66-67(54)62-34-30-45-14-3-4-18-55(45)69(62)73-66)52-33-35-59-57-20-8-10-26-64(57)71(65(59)42-52)48-37-43-36-44(39-48)40-49(71)38-43/h3-35,41-44,48-49H,36-40H2,1-2H3. The number of nitrogens with zero attached hydrogens (tertiary/aromatic N) is 1. The smallest absolute Gasteiger partial charge is 0.143 e. The van der Waals surface area contributed by atoms with E-state index in [2.05, 4.69) is 231 Å². The molecule has 0 atom stereocenters. The highest BCUT2D eigenvalue weighted by molar-refractivity contribution is 6.19. The Hall–Kier alpha value is -7.94. The van der Waals surface area contributed by atoms with Crippen molar-refractivity contribution in [1.82, 2.24) is 0 Å². The Morgan fingerprint density at radius 2 is 0.986 bits per heavy atom. The van der Waals surface area contributed by atoms with E-state index in [9.17, 15) is 0 Å². The Kier molecular flexibility index (Phi) is 8.73. The van der Waals surface area contributed by atoms with Gasteiger partial charge in [0.25, 0.3) is 0 Å². The Labute approximate surface area is 427 Å². The molecular weight excluding hydrogens is 883 g/mol. The molecule has 1 heterocycles. The first-order valence-electron chi connectivity index (χ1n) is 26.8. The van der Waals surface area contributed by atoms with Crippen molar-refractivity contribution in [2.24, 2.45) is 23.7 Å². The van der Waals surface area contributed by atoms with Gasteiger partial charge in [0.05, 0.1) is 0 Å². The van der Waals surface area contributed by atoms with Crippen LogP contribution in [0.25, 0.3) is 88.3 Å². The number of furan rings is 1. The van der Waals surface area contributed by atoms with Crippen LogP contribution in [-0.4, -0.2) is 0 Å². The van der Waals surface area contributed by atoms with Gasteiger partial charge >= 0.3 is 0 Å². The van der Waals surface area contributed by atoms with Gasteiger partial charge in [-0.3, -0.25) is 0 Å². The van der Waals surface area contributed by atoms with Gasteiger partial charge in [0.1, 0.15) is 11.2 Å². The number of benzene rings is 10. The van der Waals surface area contributed by atoms with Gasteiger partial charge in [0.15, 0.2) is 0 Å². The molecule has 4 saturated carbocycles. The second-order valence-electron chi connectivity index (χ2n) is 22.8. The SMILES string of the molecule is CC1(C)c2ccccc2-c2cccc(-c3ccccc3-c3ccc(N(c4cccc(-c5cccc6oc7c8ccccc8ccc7c56)c4)c4ccc5c(c4)C4(c6ccccc6-5)C5CC6CC(C5)CC4C6)cc3)c21. The van der Waals surface area contributed by atoms with Crippen molar-refractivity contribution in [2.75, 3.05) is 4.90 Å². The highest BCUT2D eigenvalue weighted by Gasteiger charge is 2.61. The fourth-order valence-electron chi connectivity index (χ4n) is 16.2. The van der Waals surface area contributed by atoms with Gasteiger partial charge in [0, 0.05) is 44.1 Å². The zero-order chi connectivity index (χ0) is 48.2. The second kappa shape index (κ2) is 15.3. The molecule has 0 aliphatic heterocycles. The van der Waals surface area contributed by atoms with Crippen molar-refractivity contribution in [3.05, 3.63) is 235 Å². The maximum atomic E-state index is 6.73. The van der Waals surface area contributed by atoms with E-state index in [0.717, 1.165) is 50.5 Å². The molecule has 1 aromatic heterocycles. The first-order valence-corrected chi connectivity index (χ1v) is 26.8. The van der Waals surface area contributed by atoms with Gasteiger partial charge in [-0.25, -0.2) is 0 Å². The molecule has 4 fully saturated rings. The van der Waals surface area contributed by atoms with Crippen molar-refractivity contribution < 1.29 is 4.42 Å². The number of rotatable bonds is 6. The molecule has 1 spiro atoms. The lowest BCUT2D eigenvalue weighted by molar-refractivity contribution is -0.0399. The average molecular weight is 938 g/mol. The summed E-state index contributed by atoms with van der Waals surface area (Å²) in [5.41, 5.74) is 24.2. The average Bonchev–Trinajstić information content (AvgIpc) is 4.04. The van der Waals surface area contributed by atoms with Gasteiger partial charge in [0.2, 0.25) is 0 Å². The van der Waals surface area contributed by atoms with Crippen LogP contribution in [0.1, 0.15) is 68.2 Å². The molecule has 350 valence electrons. The van der Waals surface area contributed by atoms with Crippen LogP contribution in [0.4, 0.5) is 17.1 Å². The summed E-state index contributed by atoms with van der Waals surface area (Å²) in [6, 6.07) is 80.2. The number of hydrogen-bond donors (Lipinski definition) is 0. The molecular formula is C71H55NO. The summed E-state index contributed by atoms with van der Waals surface area (Å²) in [6.07, 6.45) is 6.89. The Morgan fingerprint density at radius 3 is 1.78 bits per heavy atom. The van der Waals surface area contributed by atoms with Crippen LogP contribution in [0, 0.1) is 23.7 Å². The van der Waals surface area contributed by atoms with E-state index in [1.54, 1.807) is 11.1 Å². The third-order valence-corrected chi connectivity index (χ3v) is 18.8. The predicted octanol–water partition coefficient (Wildman–Crippen LogP) is 19.2. The largest absolute Gasteiger partial charge is 0.455 e. The van der Waals surface area contributed by atoms with Crippen LogP contribution in [0.5, 0.6) is 0 Å². The summed E-state index contributed by atoms with van der Waals surface area (Å²) in [5.74, 6) is 3.14. The molecule has 10 aromatic carbocycles.